The van der Waals surface area contributed by atoms with Crippen molar-refractivity contribution >= 4 is 17.8 Å². The molecule has 2 heteroatoms. The van der Waals surface area contributed by atoms with Crippen molar-refractivity contribution in [3.63, 3.8) is 0 Å². The summed E-state index contributed by atoms with van der Waals surface area (Å²) in [6, 6.07) is 0. The van der Waals surface area contributed by atoms with Crippen LogP contribution in [0.3, 0.4) is 0 Å². The molecule has 0 N–H and O–H groups in total. The highest BCUT2D eigenvalue weighted by atomic mass is 32.2. The first-order chi connectivity index (χ1) is 9.11. The second-order valence-electron chi connectivity index (χ2n) is 3.06. The normalized spacial score (nSPS) is 7.89. The van der Waals surface area contributed by atoms with Crippen molar-refractivity contribution in [3.05, 3.63) is 29.1 Å². The lowest BCUT2D eigenvalue weighted by atomic mass is 10.1. The average Bonchev–Trinajstić information content (AvgIpc) is 2.48. The summed E-state index contributed by atoms with van der Waals surface area (Å²) in [5, 5.41) is 0. The molecule has 1 aromatic heterocycles. The summed E-state index contributed by atoms with van der Waals surface area (Å²) in [6.45, 7) is 22.0. The molecule has 0 amide bonds. The van der Waals surface area contributed by atoms with Crippen molar-refractivity contribution in [1.29, 1.82) is 0 Å². The van der Waals surface area contributed by atoms with E-state index in [0.717, 1.165) is 11.4 Å². The van der Waals surface area contributed by atoms with Gasteiger partial charge in [-0.3, -0.25) is 4.98 Å². The second-order valence-corrected chi connectivity index (χ2v) is 3.88. The Morgan fingerprint density at radius 2 is 1.32 bits per heavy atom. The average molecular weight is 284 g/mol. The van der Waals surface area contributed by atoms with Crippen molar-refractivity contribution in [3.8, 4) is 0 Å². The fourth-order valence-corrected chi connectivity index (χ4v) is 2.33. The van der Waals surface area contributed by atoms with E-state index < -0.39 is 0 Å². The Balaban J connectivity index is -0.000000375. The summed E-state index contributed by atoms with van der Waals surface area (Å²) >= 11 is 1.76. The molecule has 1 heterocycles. The molecule has 0 fully saturated rings. The van der Waals surface area contributed by atoms with Crippen LogP contribution in [0.4, 0.5) is 0 Å². The maximum atomic E-state index is 4.47. The Hall–Kier alpha value is -0.760. The van der Waals surface area contributed by atoms with Crippen molar-refractivity contribution in [2.24, 2.45) is 0 Å². The van der Waals surface area contributed by atoms with E-state index in [9.17, 15) is 0 Å². The highest BCUT2D eigenvalue weighted by molar-refractivity contribution is 7.98. The highest BCUT2D eigenvalue weighted by Crippen LogP contribution is 2.28. The molecule has 0 aliphatic rings. The fraction of sp³-hybridized carbons (Fsp3) is 0.588. The Bertz CT molecular complexity index is 344. The smallest absolute Gasteiger partial charge is 0.0459 e. The van der Waals surface area contributed by atoms with E-state index in [4.69, 9.17) is 0 Å². The van der Waals surface area contributed by atoms with Gasteiger partial charge < -0.3 is 0 Å². The first kappa shape index (κ1) is 23.3. The molecule has 112 valence electrons. The number of aromatic nitrogens is 1. The van der Waals surface area contributed by atoms with E-state index in [1.807, 2.05) is 54.5 Å². The van der Waals surface area contributed by atoms with Crippen molar-refractivity contribution in [2.75, 3.05) is 6.26 Å². The molecule has 1 nitrogen and oxygen atoms in total. The van der Waals surface area contributed by atoms with Gasteiger partial charge in [0.1, 0.15) is 0 Å². The van der Waals surface area contributed by atoms with Crippen LogP contribution in [0.1, 0.15) is 64.1 Å². The number of nitrogens with zero attached hydrogens (tertiary/aromatic N) is 1. The van der Waals surface area contributed by atoms with E-state index in [0.29, 0.717) is 0 Å². The summed E-state index contributed by atoms with van der Waals surface area (Å²) in [4.78, 5) is 5.77. The molecule has 0 aromatic carbocycles. The minimum Gasteiger partial charge on any atom is -0.257 e. The predicted molar refractivity (Wildman–Crippen MR) is 94.4 cm³/mol. The molecule has 0 saturated heterocycles. The lowest BCUT2D eigenvalue weighted by Gasteiger charge is -2.11. The maximum absolute atomic E-state index is 4.47. The van der Waals surface area contributed by atoms with Gasteiger partial charge in [0.15, 0.2) is 0 Å². The number of hydrogen-bond acceptors (Lipinski definition) is 2. The molecule has 0 unspecified atom stereocenters. The summed E-state index contributed by atoms with van der Waals surface area (Å²) in [5.41, 5.74) is 4.64. The molecule has 1 rings (SSSR count). The molecule has 0 aliphatic carbocycles. The molecular weight excluding hydrogens is 250 g/mol. The summed E-state index contributed by atoms with van der Waals surface area (Å²) in [6.07, 6.45) is 3.98. The zero-order valence-electron chi connectivity index (χ0n) is 14.6. The molecule has 1 aromatic rings. The van der Waals surface area contributed by atoms with Crippen molar-refractivity contribution in [1.82, 2.24) is 4.98 Å². The van der Waals surface area contributed by atoms with Gasteiger partial charge in [0.25, 0.3) is 0 Å². The first-order valence-electron chi connectivity index (χ1n) is 7.26. The largest absolute Gasteiger partial charge is 0.257 e. The van der Waals surface area contributed by atoms with Gasteiger partial charge in [-0.2, -0.15) is 0 Å². The van der Waals surface area contributed by atoms with E-state index in [-0.39, 0.29) is 0 Å². The summed E-state index contributed by atoms with van der Waals surface area (Å²) in [7, 11) is 0. The third kappa shape index (κ3) is 7.41. The quantitative estimate of drug-likeness (QED) is 0.578. The van der Waals surface area contributed by atoms with E-state index in [1.165, 1.54) is 16.0 Å². The lowest BCUT2D eigenvalue weighted by molar-refractivity contribution is 1.03. The molecule has 0 bridgehead atoms. The molecule has 0 spiro atoms. The molecule has 0 aliphatic heterocycles. The molecule has 0 saturated carbocycles. The topological polar surface area (TPSA) is 12.9 Å². The predicted octanol–water partition coefficient (Wildman–Crippen LogP) is 6.45. The highest BCUT2D eigenvalue weighted by Gasteiger charge is 2.08. The van der Waals surface area contributed by atoms with Gasteiger partial charge in [0, 0.05) is 21.8 Å². The number of aryl methyl sites for hydroxylation is 2. The van der Waals surface area contributed by atoms with Crippen LogP contribution < -0.4 is 0 Å². The second kappa shape index (κ2) is 15.3. The Morgan fingerprint density at radius 3 is 1.63 bits per heavy atom. The molecule has 0 atom stereocenters. The van der Waals surface area contributed by atoms with E-state index in [1.54, 1.807) is 11.8 Å². The third-order valence-corrected chi connectivity index (χ3v) is 3.20. The van der Waals surface area contributed by atoms with Gasteiger partial charge in [-0.25, -0.2) is 0 Å². The van der Waals surface area contributed by atoms with Gasteiger partial charge in [-0.15, -0.1) is 11.8 Å². The Labute approximate surface area is 125 Å². The van der Waals surface area contributed by atoms with E-state index >= 15 is 0 Å². The van der Waals surface area contributed by atoms with Gasteiger partial charge in [0.05, 0.1) is 0 Å². The Kier molecular flexibility index (Phi) is 18.8. The van der Waals surface area contributed by atoms with Crippen LogP contribution in [0.25, 0.3) is 6.08 Å². The monoisotopic (exact) mass is 283 g/mol. The summed E-state index contributed by atoms with van der Waals surface area (Å²) < 4.78 is 0. The standard InChI is InChI=1S/C11H15NS.3C2H6/c1-6-10-9(4)12-8(3)7(2)11(10)13-5;3*1-2/h6H,1H2,2-5H3;3*1-2H3. The van der Waals surface area contributed by atoms with Crippen LogP contribution in [0.5, 0.6) is 0 Å². The summed E-state index contributed by atoms with van der Waals surface area (Å²) in [5.74, 6) is 0. The van der Waals surface area contributed by atoms with Crippen LogP contribution in [-0.2, 0) is 0 Å². The first-order valence-corrected chi connectivity index (χ1v) is 8.48. The fourth-order valence-electron chi connectivity index (χ4n) is 1.43. The minimum absolute atomic E-state index is 1.07. The van der Waals surface area contributed by atoms with Crippen LogP contribution >= 0.6 is 11.8 Å². The van der Waals surface area contributed by atoms with Crippen LogP contribution in [0, 0.1) is 20.8 Å². The van der Waals surface area contributed by atoms with Gasteiger partial charge in [0.2, 0.25) is 0 Å². The zero-order valence-corrected chi connectivity index (χ0v) is 15.5. The number of rotatable bonds is 2. The lowest BCUT2D eigenvalue weighted by Crippen LogP contribution is -1.97. The van der Waals surface area contributed by atoms with Crippen LogP contribution in [0.2, 0.25) is 0 Å². The molecule has 0 radical (unpaired) electrons. The van der Waals surface area contributed by atoms with Gasteiger partial charge >= 0.3 is 0 Å². The zero-order chi connectivity index (χ0) is 16.0. The minimum atomic E-state index is 1.07. The third-order valence-electron chi connectivity index (χ3n) is 2.26. The van der Waals surface area contributed by atoms with Crippen molar-refractivity contribution < 1.29 is 0 Å². The molecule has 19 heavy (non-hydrogen) atoms. The molecular formula is C17H33NS. The van der Waals surface area contributed by atoms with Crippen LogP contribution in [-0.4, -0.2) is 11.2 Å². The van der Waals surface area contributed by atoms with Gasteiger partial charge in [-0.05, 0) is 32.6 Å². The maximum Gasteiger partial charge on any atom is 0.0459 e. The number of hydrogen-bond donors (Lipinski definition) is 0. The van der Waals surface area contributed by atoms with Gasteiger partial charge in [-0.1, -0.05) is 54.2 Å². The number of thioether (sulfide) groups is 1. The SMILES string of the molecule is C=Cc1c(C)nc(C)c(C)c1SC.CC.CC.CC. The number of pyridine rings is 1. The Morgan fingerprint density at radius 1 is 0.895 bits per heavy atom. The van der Waals surface area contributed by atoms with Crippen molar-refractivity contribution in [2.45, 2.75) is 67.2 Å². The van der Waals surface area contributed by atoms with Crippen LogP contribution in [0.15, 0.2) is 11.5 Å². The van der Waals surface area contributed by atoms with E-state index in [2.05, 4.69) is 31.7 Å².